The maximum absolute atomic E-state index is 11.5. The van der Waals surface area contributed by atoms with Gasteiger partial charge in [-0.25, -0.2) is 0 Å². The van der Waals surface area contributed by atoms with Crippen molar-refractivity contribution in [3.8, 4) is 34.3 Å². The first-order valence-electron chi connectivity index (χ1n) is 12.9. The van der Waals surface area contributed by atoms with Crippen LogP contribution in [0.5, 0.6) is 23.0 Å². The number of hydrogen-bond acceptors (Lipinski definition) is 6. The first-order valence-corrected chi connectivity index (χ1v) is 12.9. The number of carbonyl (C=O) groups excluding carboxylic acids is 1. The monoisotopic (exact) mass is 602 g/mol. The highest BCUT2D eigenvalue weighted by molar-refractivity contribution is 5.97. The van der Waals surface area contributed by atoms with Gasteiger partial charge < -0.3 is 45.6 Å². The Hall–Kier alpha value is -4.08. The number of rotatable bonds is 7. The maximum atomic E-state index is 11.5. The predicted octanol–water partition coefficient (Wildman–Crippen LogP) is 1.30. The van der Waals surface area contributed by atoms with Crippen LogP contribution in [0.25, 0.3) is 32.9 Å². The van der Waals surface area contributed by atoms with Crippen LogP contribution in [0.15, 0.2) is 67.0 Å². The molecule has 40 heavy (non-hydrogen) atoms. The van der Waals surface area contributed by atoms with E-state index in [2.05, 4.69) is 29.0 Å². The normalized spacial score (nSPS) is 13.8. The number of hydrogen-bond donors (Lipinski definition) is 1. The van der Waals surface area contributed by atoms with E-state index in [0.717, 1.165) is 63.7 Å². The van der Waals surface area contributed by atoms with Crippen molar-refractivity contribution in [2.75, 3.05) is 20.5 Å². The summed E-state index contributed by atoms with van der Waals surface area (Å²) in [5.41, 5.74) is 4.97. The van der Waals surface area contributed by atoms with Crippen molar-refractivity contribution in [1.82, 2.24) is 4.57 Å². The summed E-state index contributed by atoms with van der Waals surface area (Å²) in [5.74, 6) is 2.76. The molecule has 0 fully saturated rings. The summed E-state index contributed by atoms with van der Waals surface area (Å²) < 4.78 is 27.2. The summed E-state index contributed by atoms with van der Waals surface area (Å²) in [7, 11) is 1.61. The fraction of sp³-hybridized carbons (Fsp3) is 0.226. The molecule has 0 radical (unpaired) electrons. The van der Waals surface area contributed by atoms with Gasteiger partial charge in [0.2, 0.25) is 12.5 Å². The van der Waals surface area contributed by atoms with E-state index in [4.69, 9.17) is 18.9 Å². The molecule has 9 heteroatoms. The fourth-order valence-corrected chi connectivity index (χ4v) is 5.69. The zero-order valence-electron chi connectivity index (χ0n) is 21.8. The van der Waals surface area contributed by atoms with E-state index in [1.165, 1.54) is 5.56 Å². The average Bonchev–Trinajstić information content (AvgIpc) is 3.57. The van der Waals surface area contributed by atoms with Crippen LogP contribution in [0, 0.1) is 0 Å². The quantitative estimate of drug-likeness (QED) is 0.223. The molecule has 1 N–H and O–H groups in total. The number of aryl methyl sites for hydroxylation is 2. The number of fused-ring (bicyclic) bond motifs is 6. The standard InChI is InChI=1S/C31H27N2O6.BrH/c1-36-28-7-6-19-10-27-24-12-30-29(38-18-39-30)11-20(24)8-9-32(27)15-25(19)31(28)37-17-22(35)14-33-13-21(16-34)23-4-2-3-5-26(23)33;/h2-7,10-13,15-16,22,35H,8-9,14,17-18H2,1H3;1H/q+1;/p-1. The van der Waals surface area contributed by atoms with Crippen LogP contribution in [0.1, 0.15) is 15.9 Å². The summed E-state index contributed by atoms with van der Waals surface area (Å²) in [6.45, 7) is 1.42. The minimum atomic E-state index is -0.804. The smallest absolute Gasteiger partial charge is 0.231 e. The minimum Gasteiger partial charge on any atom is -1.00 e. The van der Waals surface area contributed by atoms with Crippen LogP contribution >= 0.6 is 0 Å². The Kier molecular flexibility index (Phi) is 6.85. The van der Waals surface area contributed by atoms with E-state index < -0.39 is 6.10 Å². The summed E-state index contributed by atoms with van der Waals surface area (Å²) >= 11 is 0. The number of benzene rings is 3. The second-order valence-corrected chi connectivity index (χ2v) is 9.90. The maximum Gasteiger partial charge on any atom is 0.231 e. The van der Waals surface area contributed by atoms with Crippen LogP contribution in [-0.4, -0.2) is 42.6 Å². The molecule has 7 rings (SSSR count). The molecule has 2 aromatic heterocycles. The van der Waals surface area contributed by atoms with Crippen molar-refractivity contribution >= 4 is 28.0 Å². The van der Waals surface area contributed by atoms with Gasteiger partial charge in [0.15, 0.2) is 42.0 Å². The van der Waals surface area contributed by atoms with Gasteiger partial charge >= 0.3 is 0 Å². The van der Waals surface area contributed by atoms with Crippen LogP contribution in [0.2, 0.25) is 0 Å². The van der Waals surface area contributed by atoms with Crippen LogP contribution < -0.4 is 40.5 Å². The molecule has 0 aliphatic carbocycles. The molecular weight excluding hydrogens is 576 g/mol. The third kappa shape index (κ3) is 4.35. The van der Waals surface area contributed by atoms with Crippen molar-refractivity contribution in [1.29, 1.82) is 0 Å². The lowest BCUT2D eigenvalue weighted by atomic mass is 9.95. The Balaban J connectivity index is 0.00000289. The number of aliphatic hydroxyl groups excluding tert-OH is 1. The lowest BCUT2D eigenvalue weighted by Gasteiger charge is -2.19. The average molecular weight is 603 g/mol. The third-order valence-corrected chi connectivity index (χ3v) is 7.57. The van der Waals surface area contributed by atoms with Gasteiger partial charge in [0.1, 0.15) is 12.7 Å². The van der Waals surface area contributed by atoms with Crippen molar-refractivity contribution in [3.63, 3.8) is 0 Å². The van der Waals surface area contributed by atoms with E-state index in [1.54, 1.807) is 13.3 Å². The van der Waals surface area contributed by atoms with E-state index in [0.29, 0.717) is 23.6 Å². The van der Waals surface area contributed by atoms with Crippen LogP contribution in [0.3, 0.4) is 0 Å². The highest BCUT2D eigenvalue weighted by atomic mass is 79.9. The molecule has 3 aromatic carbocycles. The van der Waals surface area contributed by atoms with Gasteiger partial charge in [0.05, 0.1) is 24.6 Å². The number of nitrogens with zero attached hydrogens (tertiary/aromatic N) is 2. The molecule has 2 aliphatic heterocycles. The summed E-state index contributed by atoms with van der Waals surface area (Å²) in [6, 6.07) is 17.9. The van der Waals surface area contributed by atoms with Gasteiger partial charge in [-0.1, -0.05) is 18.2 Å². The summed E-state index contributed by atoms with van der Waals surface area (Å²) in [4.78, 5) is 11.5. The van der Waals surface area contributed by atoms with Crippen molar-refractivity contribution < 1.29 is 50.4 Å². The lowest BCUT2D eigenvalue weighted by Crippen LogP contribution is -3.00. The van der Waals surface area contributed by atoms with Gasteiger partial charge in [0, 0.05) is 35.2 Å². The lowest BCUT2D eigenvalue weighted by molar-refractivity contribution is -0.686. The molecular formula is C31H27BrN2O6. The number of carbonyl (C=O) groups is 1. The predicted molar refractivity (Wildman–Crippen MR) is 145 cm³/mol. The Bertz CT molecular complexity index is 1760. The number of methoxy groups -OCH3 is 1. The molecule has 1 atom stereocenters. The molecule has 2 aliphatic rings. The number of aromatic nitrogens is 2. The molecule has 4 heterocycles. The Labute approximate surface area is 241 Å². The molecule has 204 valence electrons. The molecule has 0 amide bonds. The van der Waals surface area contributed by atoms with E-state index in [-0.39, 0.29) is 30.4 Å². The van der Waals surface area contributed by atoms with Crippen molar-refractivity contribution in [2.45, 2.75) is 25.6 Å². The largest absolute Gasteiger partial charge is 1.00 e. The molecule has 0 saturated carbocycles. The number of ether oxygens (including phenoxy) is 4. The third-order valence-electron chi connectivity index (χ3n) is 7.57. The van der Waals surface area contributed by atoms with Crippen molar-refractivity contribution in [2.24, 2.45) is 0 Å². The van der Waals surface area contributed by atoms with Gasteiger partial charge in [-0.05, 0) is 41.3 Å². The highest BCUT2D eigenvalue weighted by Crippen LogP contribution is 2.41. The number of aliphatic hydroxyl groups is 1. The molecule has 0 spiro atoms. The Morgan fingerprint density at radius 2 is 1.93 bits per heavy atom. The zero-order valence-corrected chi connectivity index (χ0v) is 23.4. The van der Waals surface area contributed by atoms with Crippen LogP contribution in [-0.2, 0) is 19.5 Å². The highest BCUT2D eigenvalue weighted by Gasteiger charge is 2.29. The number of aldehydes is 1. The Morgan fingerprint density at radius 3 is 2.75 bits per heavy atom. The van der Waals surface area contributed by atoms with E-state index in [1.807, 2.05) is 41.0 Å². The fourth-order valence-electron chi connectivity index (χ4n) is 5.69. The first kappa shape index (κ1) is 26.2. The number of pyridine rings is 1. The van der Waals surface area contributed by atoms with Crippen molar-refractivity contribution in [3.05, 3.63) is 78.1 Å². The Morgan fingerprint density at radius 1 is 1.10 bits per heavy atom. The molecule has 1 unspecified atom stereocenters. The van der Waals surface area contributed by atoms with Gasteiger partial charge in [-0.2, -0.15) is 4.57 Å². The second kappa shape index (κ2) is 10.5. The van der Waals surface area contributed by atoms with E-state index in [9.17, 15) is 9.90 Å². The van der Waals surface area contributed by atoms with Gasteiger partial charge in [-0.15, -0.1) is 0 Å². The molecule has 5 aromatic rings. The van der Waals surface area contributed by atoms with Gasteiger partial charge in [0.25, 0.3) is 0 Å². The summed E-state index contributed by atoms with van der Waals surface area (Å²) in [6.07, 6.45) is 4.78. The minimum absolute atomic E-state index is 0. The topological polar surface area (TPSA) is 83.0 Å². The zero-order chi connectivity index (χ0) is 26.5. The molecule has 0 saturated heterocycles. The van der Waals surface area contributed by atoms with Crippen LogP contribution in [0.4, 0.5) is 0 Å². The van der Waals surface area contributed by atoms with Gasteiger partial charge in [-0.3, -0.25) is 4.79 Å². The molecule has 0 bridgehead atoms. The first-order chi connectivity index (χ1) is 19.1. The SMILES string of the molecule is COc1ccc2cc3[n+](cc2c1OCC(O)Cn1cc(C=O)c2ccccc21)CCc1cc2c(cc1-3)OCO2.[Br-]. The number of halogens is 1. The molecule has 8 nitrogen and oxygen atoms in total. The summed E-state index contributed by atoms with van der Waals surface area (Å²) in [5, 5.41) is 13.7. The second-order valence-electron chi connectivity index (χ2n) is 9.90. The number of para-hydroxylation sites is 1. The van der Waals surface area contributed by atoms with E-state index >= 15 is 0 Å².